The number of halogens is 1. The number of benzene rings is 2. The fourth-order valence-corrected chi connectivity index (χ4v) is 2.79. The molecular weight excluding hydrogens is 390 g/mol. The number of carbonyl (C=O) groups is 2. The van der Waals surface area contributed by atoms with Crippen molar-refractivity contribution in [3.8, 4) is 5.75 Å². The number of ether oxygens (including phenoxy) is 1. The molecule has 0 radical (unpaired) electrons. The maximum Gasteiger partial charge on any atom is 0.234 e. The number of carbonyl (C=O) groups excluding carboxylic acids is 2. The molecule has 126 valence electrons. The standard InChI is InChI=1S/C18H18BrNO3S/c1-13(21)14-3-2-4-16(11-14)20-18(22)12-24-10-9-23-17-7-5-15(19)6-8-17/h2-8,11H,9-10,12H2,1H3,(H,20,22). The van der Waals surface area contributed by atoms with Gasteiger partial charge in [0.05, 0.1) is 12.4 Å². The van der Waals surface area contributed by atoms with Crippen molar-refractivity contribution < 1.29 is 14.3 Å². The molecule has 4 nitrogen and oxygen atoms in total. The first-order valence-corrected chi connectivity index (χ1v) is 9.36. The third kappa shape index (κ3) is 6.37. The lowest BCUT2D eigenvalue weighted by atomic mass is 10.1. The quantitative estimate of drug-likeness (QED) is 0.520. The van der Waals surface area contributed by atoms with Crippen LogP contribution in [0.2, 0.25) is 0 Å². The van der Waals surface area contributed by atoms with Crippen LogP contribution in [-0.2, 0) is 4.79 Å². The molecule has 0 fully saturated rings. The first-order valence-electron chi connectivity index (χ1n) is 7.41. The minimum absolute atomic E-state index is 0.0226. The SMILES string of the molecule is CC(=O)c1cccc(NC(=O)CSCCOc2ccc(Br)cc2)c1. The fraction of sp³-hybridized carbons (Fsp3) is 0.222. The number of ketones is 1. The van der Waals surface area contributed by atoms with E-state index in [9.17, 15) is 9.59 Å². The predicted molar refractivity (Wildman–Crippen MR) is 102 cm³/mol. The van der Waals surface area contributed by atoms with Gasteiger partial charge >= 0.3 is 0 Å². The normalized spacial score (nSPS) is 10.2. The molecule has 0 heterocycles. The molecule has 0 saturated heterocycles. The van der Waals surface area contributed by atoms with Crippen LogP contribution in [0.4, 0.5) is 5.69 Å². The molecule has 0 unspecified atom stereocenters. The van der Waals surface area contributed by atoms with E-state index in [0.717, 1.165) is 16.0 Å². The zero-order valence-corrected chi connectivity index (χ0v) is 15.7. The van der Waals surface area contributed by atoms with Gasteiger partial charge in [-0.1, -0.05) is 28.1 Å². The first kappa shape index (κ1) is 18.5. The minimum atomic E-state index is -0.0932. The van der Waals surface area contributed by atoms with Gasteiger partial charge in [-0.25, -0.2) is 0 Å². The van der Waals surface area contributed by atoms with E-state index in [1.807, 2.05) is 24.3 Å². The molecule has 1 amide bonds. The molecule has 1 N–H and O–H groups in total. The third-order valence-corrected chi connectivity index (χ3v) is 4.55. The van der Waals surface area contributed by atoms with Crippen LogP contribution in [0.25, 0.3) is 0 Å². The Morgan fingerprint density at radius 3 is 2.62 bits per heavy atom. The van der Waals surface area contributed by atoms with Crippen LogP contribution in [0.15, 0.2) is 53.0 Å². The first-order chi connectivity index (χ1) is 11.5. The summed E-state index contributed by atoms with van der Waals surface area (Å²) in [6.07, 6.45) is 0. The highest BCUT2D eigenvalue weighted by molar-refractivity contribution is 9.10. The van der Waals surface area contributed by atoms with Gasteiger partial charge in [-0.2, -0.15) is 0 Å². The summed E-state index contributed by atoms with van der Waals surface area (Å²) in [4.78, 5) is 23.2. The van der Waals surface area contributed by atoms with Crippen molar-refractivity contribution in [2.75, 3.05) is 23.4 Å². The van der Waals surface area contributed by atoms with Crippen molar-refractivity contribution in [2.24, 2.45) is 0 Å². The van der Waals surface area contributed by atoms with Crippen molar-refractivity contribution in [3.63, 3.8) is 0 Å². The lowest BCUT2D eigenvalue weighted by Gasteiger charge is -2.07. The number of nitrogens with one attached hydrogen (secondary N) is 1. The molecule has 0 saturated carbocycles. The van der Waals surface area contributed by atoms with Crippen LogP contribution >= 0.6 is 27.7 Å². The second-order valence-corrected chi connectivity index (χ2v) is 7.06. The number of hydrogen-bond acceptors (Lipinski definition) is 4. The molecule has 0 spiro atoms. The Bertz CT molecular complexity index is 704. The summed E-state index contributed by atoms with van der Waals surface area (Å²) < 4.78 is 6.60. The number of Topliss-reactive ketones (excluding diaryl/α,β-unsaturated/α-hetero) is 1. The average molecular weight is 408 g/mol. The number of thioether (sulfide) groups is 1. The summed E-state index contributed by atoms with van der Waals surface area (Å²) in [7, 11) is 0. The maximum atomic E-state index is 11.9. The van der Waals surface area contributed by atoms with Crippen LogP contribution in [0.1, 0.15) is 17.3 Å². The Balaban J connectivity index is 1.67. The second kappa shape index (κ2) is 9.49. The Hall–Kier alpha value is -1.79. The van der Waals surface area contributed by atoms with Crippen LogP contribution in [0.5, 0.6) is 5.75 Å². The molecule has 24 heavy (non-hydrogen) atoms. The second-order valence-electron chi connectivity index (χ2n) is 5.04. The molecule has 0 aliphatic rings. The van der Waals surface area contributed by atoms with Crippen LogP contribution in [-0.4, -0.2) is 29.8 Å². The molecule has 6 heteroatoms. The fourth-order valence-electron chi connectivity index (χ4n) is 1.93. The van der Waals surface area contributed by atoms with Gasteiger partial charge in [0.15, 0.2) is 5.78 Å². The van der Waals surface area contributed by atoms with Gasteiger partial charge in [-0.15, -0.1) is 11.8 Å². The minimum Gasteiger partial charge on any atom is -0.493 e. The van der Waals surface area contributed by atoms with E-state index in [1.54, 1.807) is 24.3 Å². The molecule has 0 aliphatic carbocycles. The van der Waals surface area contributed by atoms with Crippen molar-refractivity contribution in [3.05, 3.63) is 58.6 Å². The van der Waals surface area contributed by atoms with Gasteiger partial charge in [0.25, 0.3) is 0 Å². The van der Waals surface area contributed by atoms with E-state index in [-0.39, 0.29) is 11.7 Å². The molecule has 2 aromatic carbocycles. The van der Waals surface area contributed by atoms with Gasteiger partial charge in [0.2, 0.25) is 5.91 Å². The highest BCUT2D eigenvalue weighted by atomic mass is 79.9. The van der Waals surface area contributed by atoms with Gasteiger partial charge in [0.1, 0.15) is 5.75 Å². The summed E-state index contributed by atoms with van der Waals surface area (Å²) in [6, 6.07) is 14.6. The summed E-state index contributed by atoms with van der Waals surface area (Å²) in [6.45, 7) is 2.04. The van der Waals surface area contributed by atoms with Gasteiger partial charge in [0, 0.05) is 21.5 Å². The Morgan fingerprint density at radius 2 is 1.92 bits per heavy atom. The van der Waals surface area contributed by atoms with Crippen molar-refractivity contribution in [1.29, 1.82) is 0 Å². The summed E-state index contributed by atoms with van der Waals surface area (Å²) >= 11 is 4.87. The van der Waals surface area contributed by atoms with Crippen molar-refractivity contribution in [2.45, 2.75) is 6.92 Å². The molecule has 0 bridgehead atoms. The number of anilines is 1. The smallest absolute Gasteiger partial charge is 0.234 e. The molecule has 2 aromatic rings. The monoisotopic (exact) mass is 407 g/mol. The molecule has 0 atom stereocenters. The summed E-state index contributed by atoms with van der Waals surface area (Å²) in [5, 5.41) is 2.79. The number of amides is 1. The molecule has 2 rings (SSSR count). The average Bonchev–Trinajstić information content (AvgIpc) is 2.56. The van der Waals surface area contributed by atoms with Gasteiger partial charge < -0.3 is 10.1 Å². The lowest BCUT2D eigenvalue weighted by molar-refractivity contribution is -0.113. The number of hydrogen-bond donors (Lipinski definition) is 1. The molecule has 0 aromatic heterocycles. The largest absolute Gasteiger partial charge is 0.493 e. The maximum absolute atomic E-state index is 11.9. The van der Waals surface area contributed by atoms with Crippen molar-refractivity contribution >= 4 is 45.1 Å². The van der Waals surface area contributed by atoms with E-state index >= 15 is 0 Å². The van der Waals surface area contributed by atoms with Crippen molar-refractivity contribution in [1.82, 2.24) is 0 Å². The predicted octanol–water partition coefficient (Wildman–Crippen LogP) is 4.40. The Morgan fingerprint density at radius 1 is 1.17 bits per heavy atom. The van der Waals surface area contributed by atoms with Crippen LogP contribution in [0.3, 0.4) is 0 Å². The highest BCUT2D eigenvalue weighted by Gasteiger charge is 2.05. The zero-order valence-electron chi connectivity index (χ0n) is 13.3. The van der Waals surface area contributed by atoms with Crippen LogP contribution < -0.4 is 10.1 Å². The van der Waals surface area contributed by atoms with E-state index in [4.69, 9.17) is 4.74 Å². The third-order valence-electron chi connectivity index (χ3n) is 3.10. The van der Waals surface area contributed by atoms with E-state index in [2.05, 4.69) is 21.2 Å². The van der Waals surface area contributed by atoms with Gasteiger partial charge in [-0.05, 0) is 43.3 Å². The van der Waals surface area contributed by atoms with E-state index < -0.39 is 0 Å². The lowest BCUT2D eigenvalue weighted by Crippen LogP contribution is -2.15. The summed E-state index contributed by atoms with van der Waals surface area (Å²) in [5.41, 5.74) is 1.22. The topological polar surface area (TPSA) is 55.4 Å². The van der Waals surface area contributed by atoms with Gasteiger partial charge in [-0.3, -0.25) is 9.59 Å². The van der Waals surface area contributed by atoms with E-state index in [0.29, 0.717) is 23.6 Å². The Labute approximate surface area is 154 Å². The summed E-state index contributed by atoms with van der Waals surface area (Å²) in [5.74, 6) is 1.75. The number of rotatable bonds is 8. The molecule has 0 aliphatic heterocycles. The van der Waals surface area contributed by atoms with E-state index in [1.165, 1.54) is 18.7 Å². The Kier molecular flexibility index (Phi) is 7.34. The molecular formula is C18H18BrNO3S. The zero-order chi connectivity index (χ0) is 17.4. The van der Waals surface area contributed by atoms with Crippen LogP contribution in [0, 0.1) is 0 Å². The highest BCUT2D eigenvalue weighted by Crippen LogP contribution is 2.16.